The third-order valence-electron chi connectivity index (χ3n) is 2.68. The van der Waals surface area contributed by atoms with Crippen molar-refractivity contribution < 1.29 is 0 Å². The van der Waals surface area contributed by atoms with Gasteiger partial charge in [0.05, 0.1) is 0 Å². The third kappa shape index (κ3) is 1.42. The normalized spacial score (nSPS) is 24.9. The molecule has 0 heteroatoms. The van der Waals surface area contributed by atoms with Gasteiger partial charge < -0.3 is 0 Å². The van der Waals surface area contributed by atoms with Gasteiger partial charge in [-0.05, 0) is 32.1 Å². The van der Waals surface area contributed by atoms with E-state index < -0.39 is 0 Å². The predicted octanol–water partition coefficient (Wildman–Crippen LogP) is 3.53. The summed E-state index contributed by atoms with van der Waals surface area (Å²) in [5.41, 5.74) is 3.42. The molecule has 0 saturated heterocycles. The van der Waals surface area contributed by atoms with Crippen LogP contribution in [0.3, 0.4) is 0 Å². The van der Waals surface area contributed by atoms with Crippen LogP contribution in [-0.4, -0.2) is 0 Å². The van der Waals surface area contributed by atoms with Crippen LogP contribution in [0.25, 0.3) is 0 Å². The molecule has 0 unspecified atom stereocenters. The van der Waals surface area contributed by atoms with Crippen LogP contribution in [0, 0.1) is 5.92 Å². The zero-order valence-electron chi connectivity index (χ0n) is 7.41. The molecule has 0 radical (unpaired) electrons. The molecule has 0 aliphatic heterocycles. The molecule has 1 aliphatic carbocycles. The van der Waals surface area contributed by atoms with Crippen LogP contribution >= 0.6 is 0 Å². The third-order valence-corrected chi connectivity index (χ3v) is 2.68. The predicted molar refractivity (Wildman–Crippen MR) is 46.0 cm³/mol. The second-order valence-electron chi connectivity index (χ2n) is 3.50. The highest BCUT2D eigenvalue weighted by atomic mass is 14.3. The quantitative estimate of drug-likeness (QED) is 0.523. The number of hydrogen-bond acceptors (Lipinski definition) is 0. The molecule has 0 N–H and O–H groups in total. The average molecular weight is 138 g/mol. The van der Waals surface area contributed by atoms with E-state index in [1.165, 1.54) is 25.7 Å². The lowest BCUT2D eigenvalue weighted by Crippen LogP contribution is -2.12. The first kappa shape index (κ1) is 7.84. The Balaban J connectivity index is 2.30. The molecule has 0 aromatic rings. The van der Waals surface area contributed by atoms with Gasteiger partial charge in [0, 0.05) is 0 Å². The number of rotatable bonds is 3. The summed E-state index contributed by atoms with van der Waals surface area (Å²) in [5, 5.41) is 0. The summed E-state index contributed by atoms with van der Waals surface area (Å²) in [6.45, 7) is 6.88. The molecule has 1 aliphatic rings. The highest BCUT2D eigenvalue weighted by molar-refractivity contribution is 5.25. The van der Waals surface area contributed by atoms with Gasteiger partial charge in [-0.3, -0.25) is 0 Å². The highest BCUT2D eigenvalue weighted by Crippen LogP contribution is 2.36. The lowest BCUT2D eigenvalue weighted by molar-refractivity contribution is 0.547. The largest absolute Gasteiger partial charge is 0.0709 e. The van der Waals surface area contributed by atoms with Crippen molar-refractivity contribution in [3.8, 4) is 0 Å². The Bertz CT molecular complexity index is 142. The highest BCUT2D eigenvalue weighted by Gasteiger charge is 2.20. The summed E-state index contributed by atoms with van der Waals surface area (Å²) in [7, 11) is 0. The standard InChI is InChI=1S/C10H18/c1-4-5-6-10-7-8(2)9(10)3/h8H,4-7H2,1-3H3/t8-/m0/s1. The fourth-order valence-electron chi connectivity index (χ4n) is 1.59. The number of allylic oxidation sites excluding steroid dienone is 2. The average Bonchev–Trinajstić information content (AvgIpc) is 1.97. The lowest BCUT2D eigenvalue weighted by atomic mass is 9.77. The topological polar surface area (TPSA) is 0 Å². The maximum atomic E-state index is 2.32. The zero-order chi connectivity index (χ0) is 7.56. The minimum atomic E-state index is 0.895. The molecule has 0 aromatic heterocycles. The minimum Gasteiger partial charge on any atom is -0.0709 e. The van der Waals surface area contributed by atoms with Crippen molar-refractivity contribution in [1.82, 2.24) is 0 Å². The maximum absolute atomic E-state index is 2.32. The van der Waals surface area contributed by atoms with Gasteiger partial charge in [-0.2, -0.15) is 0 Å². The molecule has 0 fully saturated rings. The molecule has 0 bridgehead atoms. The first-order chi connectivity index (χ1) is 4.75. The SMILES string of the molecule is CCCCC1=C(C)[C@@H](C)C1. The van der Waals surface area contributed by atoms with Gasteiger partial charge in [0.1, 0.15) is 0 Å². The van der Waals surface area contributed by atoms with E-state index in [0.717, 1.165) is 5.92 Å². The fraction of sp³-hybridized carbons (Fsp3) is 0.800. The molecular weight excluding hydrogens is 120 g/mol. The second kappa shape index (κ2) is 3.23. The fourth-order valence-corrected chi connectivity index (χ4v) is 1.59. The molecule has 0 amide bonds. The minimum absolute atomic E-state index is 0.895. The molecule has 0 spiro atoms. The molecule has 0 aromatic carbocycles. The van der Waals surface area contributed by atoms with E-state index in [1.54, 1.807) is 11.1 Å². The molecule has 0 nitrogen and oxygen atoms in total. The van der Waals surface area contributed by atoms with Gasteiger partial charge in [-0.1, -0.05) is 31.4 Å². The summed E-state index contributed by atoms with van der Waals surface area (Å²) in [4.78, 5) is 0. The van der Waals surface area contributed by atoms with Crippen LogP contribution in [0.15, 0.2) is 11.1 Å². The molecule has 0 heterocycles. The molecule has 1 rings (SSSR count). The van der Waals surface area contributed by atoms with Crippen LogP contribution in [0.1, 0.15) is 46.5 Å². The second-order valence-corrected chi connectivity index (χ2v) is 3.50. The van der Waals surface area contributed by atoms with Gasteiger partial charge in [-0.25, -0.2) is 0 Å². The Morgan fingerprint density at radius 2 is 2.20 bits per heavy atom. The van der Waals surface area contributed by atoms with E-state index in [1.807, 2.05) is 0 Å². The summed E-state index contributed by atoms with van der Waals surface area (Å²) in [5.74, 6) is 0.895. The van der Waals surface area contributed by atoms with Crippen LogP contribution in [0.2, 0.25) is 0 Å². The van der Waals surface area contributed by atoms with Gasteiger partial charge in [-0.15, -0.1) is 0 Å². The van der Waals surface area contributed by atoms with Crippen LogP contribution in [0.5, 0.6) is 0 Å². The Morgan fingerprint density at radius 1 is 1.50 bits per heavy atom. The lowest BCUT2D eigenvalue weighted by Gasteiger charge is -2.28. The van der Waals surface area contributed by atoms with Crippen molar-refractivity contribution >= 4 is 0 Å². The first-order valence-corrected chi connectivity index (χ1v) is 4.44. The molecule has 10 heavy (non-hydrogen) atoms. The smallest absolute Gasteiger partial charge is 0.0194 e. The van der Waals surface area contributed by atoms with E-state index in [-0.39, 0.29) is 0 Å². The maximum Gasteiger partial charge on any atom is -0.0194 e. The molecule has 1 atom stereocenters. The van der Waals surface area contributed by atoms with Crippen molar-refractivity contribution in [2.24, 2.45) is 5.92 Å². The van der Waals surface area contributed by atoms with Gasteiger partial charge in [0.25, 0.3) is 0 Å². The monoisotopic (exact) mass is 138 g/mol. The zero-order valence-corrected chi connectivity index (χ0v) is 7.41. The Hall–Kier alpha value is -0.260. The van der Waals surface area contributed by atoms with Crippen molar-refractivity contribution in [2.75, 3.05) is 0 Å². The Morgan fingerprint density at radius 3 is 2.60 bits per heavy atom. The first-order valence-electron chi connectivity index (χ1n) is 4.44. The van der Waals surface area contributed by atoms with E-state index in [4.69, 9.17) is 0 Å². The van der Waals surface area contributed by atoms with Crippen LogP contribution in [-0.2, 0) is 0 Å². The number of hydrogen-bond donors (Lipinski definition) is 0. The van der Waals surface area contributed by atoms with Crippen LogP contribution < -0.4 is 0 Å². The summed E-state index contributed by atoms with van der Waals surface area (Å²) in [6.07, 6.45) is 5.48. The van der Waals surface area contributed by atoms with Gasteiger partial charge in [0.15, 0.2) is 0 Å². The van der Waals surface area contributed by atoms with E-state index in [2.05, 4.69) is 20.8 Å². The van der Waals surface area contributed by atoms with Gasteiger partial charge >= 0.3 is 0 Å². The van der Waals surface area contributed by atoms with Crippen molar-refractivity contribution in [3.63, 3.8) is 0 Å². The number of unbranched alkanes of at least 4 members (excludes halogenated alkanes) is 1. The van der Waals surface area contributed by atoms with E-state index >= 15 is 0 Å². The van der Waals surface area contributed by atoms with Crippen molar-refractivity contribution in [2.45, 2.75) is 46.5 Å². The Labute approximate surface area is 64.3 Å². The summed E-state index contributed by atoms with van der Waals surface area (Å²) in [6, 6.07) is 0. The van der Waals surface area contributed by atoms with Crippen molar-refractivity contribution in [3.05, 3.63) is 11.1 Å². The molecule has 58 valence electrons. The van der Waals surface area contributed by atoms with Crippen LogP contribution in [0.4, 0.5) is 0 Å². The van der Waals surface area contributed by atoms with E-state index in [0.29, 0.717) is 0 Å². The summed E-state index contributed by atoms with van der Waals surface area (Å²) >= 11 is 0. The van der Waals surface area contributed by atoms with E-state index in [9.17, 15) is 0 Å². The Kier molecular flexibility index (Phi) is 2.53. The molecule has 0 saturated carbocycles. The summed E-state index contributed by atoms with van der Waals surface area (Å²) < 4.78 is 0. The van der Waals surface area contributed by atoms with Crippen molar-refractivity contribution in [1.29, 1.82) is 0 Å². The molecular formula is C10H18. The van der Waals surface area contributed by atoms with Gasteiger partial charge in [0.2, 0.25) is 0 Å².